The van der Waals surface area contributed by atoms with Gasteiger partial charge >= 0.3 is 0 Å². The quantitative estimate of drug-likeness (QED) is 0.814. The standard InChI is InChI=1S/C13H17N3O2/c17-12-10-3-1-2-4-11(10)13(18)16(12)6-5-9-7-14-8-15-9/h7-8,10-11H,1-6H2,(H,14,15). The highest BCUT2D eigenvalue weighted by molar-refractivity contribution is 6.05. The number of imidazole rings is 1. The van der Waals surface area contributed by atoms with Crippen LogP contribution in [0.3, 0.4) is 0 Å². The van der Waals surface area contributed by atoms with E-state index in [9.17, 15) is 9.59 Å². The van der Waals surface area contributed by atoms with E-state index in [-0.39, 0.29) is 23.7 Å². The lowest BCUT2D eigenvalue weighted by Gasteiger charge is -2.19. The topological polar surface area (TPSA) is 66.1 Å². The van der Waals surface area contributed by atoms with Gasteiger partial charge in [-0.05, 0) is 12.8 Å². The lowest BCUT2D eigenvalue weighted by atomic mass is 9.81. The molecule has 0 aromatic carbocycles. The average Bonchev–Trinajstić information content (AvgIpc) is 2.98. The second-order valence-corrected chi connectivity index (χ2v) is 5.15. The molecular formula is C13H17N3O2. The first-order valence-electron chi connectivity index (χ1n) is 6.60. The Balaban J connectivity index is 1.68. The third-order valence-corrected chi connectivity index (χ3v) is 4.09. The van der Waals surface area contributed by atoms with Crippen LogP contribution in [-0.2, 0) is 16.0 Å². The maximum absolute atomic E-state index is 12.2. The summed E-state index contributed by atoms with van der Waals surface area (Å²) in [5.41, 5.74) is 0.963. The second-order valence-electron chi connectivity index (χ2n) is 5.15. The fraction of sp³-hybridized carbons (Fsp3) is 0.615. The molecule has 3 rings (SSSR count). The molecule has 0 radical (unpaired) electrons. The summed E-state index contributed by atoms with van der Waals surface area (Å²) in [7, 11) is 0. The number of nitrogens with zero attached hydrogens (tertiary/aromatic N) is 2. The van der Waals surface area contributed by atoms with Crippen molar-refractivity contribution in [2.45, 2.75) is 32.1 Å². The third kappa shape index (κ3) is 1.83. The lowest BCUT2D eigenvalue weighted by Crippen LogP contribution is -2.33. The van der Waals surface area contributed by atoms with E-state index in [1.54, 1.807) is 12.5 Å². The van der Waals surface area contributed by atoms with Crippen LogP contribution in [0.25, 0.3) is 0 Å². The smallest absolute Gasteiger partial charge is 0.233 e. The van der Waals surface area contributed by atoms with Gasteiger partial charge in [-0.3, -0.25) is 14.5 Å². The van der Waals surface area contributed by atoms with Gasteiger partial charge in [0.2, 0.25) is 11.8 Å². The van der Waals surface area contributed by atoms with E-state index < -0.39 is 0 Å². The Morgan fingerprint density at radius 1 is 1.22 bits per heavy atom. The molecule has 5 nitrogen and oxygen atoms in total. The molecule has 2 amide bonds. The van der Waals surface area contributed by atoms with Crippen molar-refractivity contribution in [2.24, 2.45) is 11.8 Å². The molecule has 0 spiro atoms. The maximum Gasteiger partial charge on any atom is 0.233 e. The first kappa shape index (κ1) is 11.4. The molecule has 2 atom stereocenters. The summed E-state index contributed by atoms with van der Waals surface area (Å²) in [5, 5.41) is 0. The van der Waals surface area contributed by atoms with Crippen LogP contribution in [0.4, 0.5) is 0 Å². The Labute approximate surface area is 106 Å². The third-order valence-electron chi connectivity index (χ3n) is 4.09. The van der Waals surface area contributed by atoms with Crippen molar-refractivity contribution in [2.75, 3.05) is 6.54 Å². The molecule has 5 heteroatoms. The number of carbonyl (C=O) groups excluding carboxylic acids is 2. The molecule has 1 aliphatic heterocycles. The second kappa shape index (κ2) is 4.55. The van der Waals surface area contributed by atoms with Gasteiger partial charge in [0, 0.05) is 24.9 Å². The molecule has 1 saturated heterocycles. The number of carbonyl (C=O) groups is 2. The molecule has 1 aromatic rings. The normalized spacial score (nSPS) is 27.7. The van der Waals surface area contributed by atoms with Gasteiger partial charge in [-0.2, -0.15) is 0 Å². The van der Waals surface area contributed by atoms with Crippen LogP contribution in [0.15, 0.2) is 12.5 Å². The molecule has 2 heterocycles. The summed E-state index contributed by atoms with van der Waals surface area (Å²) in [5.74, 6) is 0.0227. The first-order valence-corrected chi connectivity index (χ1v) is 6.60. The van der Waals surface area contributed by atoms with E-state index in [1.165, 1.54) is 4.90 Å². The Morgan fingerprint density at radius 3 is 2.44 bits per heavy atom. The van der Waals surface area contributed by atoms with Gasteiger partial charge in [-0.1, -0.05) is 12.8 Å². The minimum Gasteiger partial charge on any atom is -0.348 e. The number of rotatable bonds is 3. The number of H-pyrrole nitrogens is 1. The van der Waals surface area contributed by atoms with Gasteiger partial charge in [-0.25, -0.2) is 4.98 Å². The van der Waals surface area contributed by atoms with Crippen LogP contribution in [0.1, 0.15) is 31.4 Å². The molecular weight excluding hydrogens is 230 g/mol. The van der Waals surface area contributed by atoms with Crippen LogP contribution < -0.4 is 0 Å². The summed E-state index contributed by atoms with van der Waals surface area (Å²) in [6, 6.07) is 0. The van der Waals surface area contributed by atoms with E-state index in [2.05, 4.69) is 9.97 Å². The number of hydrogen-bond acceptors (Lipinski definition) is 3. The molecule has 1 aromatic heterocycles. The minimum atomic E-state index is -0.0342. The van der Waals surface area contributed by atoms with E-state index in [1.807, 2.05) is 0 Å². The van der Waals surface area contributed by atoms with Crippen molar-refractivity contribution in [3.8, 4) is 0 Å². The van der Waals surface area contributed by atoms with Crippen molar-refractivity contribution < 1.29 is 9.59 Å². The molecule has 18 heavy (non-hydrogen) atoms. The van der Waals surface area contributed by atoms with Gasteiger partial charge in [0.05, 0.1) is 18.2 Å². The number of nitrogens with one attached hydrogen (secondary N) is 1. The highest BCUT2D eigenvalue weighted by atomic mass is 16.2. The number of aromatic amines is 1. The summed E-state index contributed by atoms with van der Waals surface area (Å²) >= 11 is 0. The zero-order valence-electron chi connectivity index (χ0n) is 10.3. The summed E-state index contributed by atoms with van der Waals surface area (Å²) in [4.78, 5) is 32.8. The number of imide groups is 1. The monoisotopic (exact) mass is 247 g/mol. The van der Waals surface area contributed by atoms with Crippen LogP contribution >= 0.6 is 0 Å². The maximum atomic E-state index is 12.2. The number of aromatic nitrogens is 2. The number of amides is 2. The van der Waals surface area contributed by atoms with E-state index in [0.717, 1.165) is 31.4 Å². The van der Waals surface area contributed by atoms with Crippen molar-refractivity contribution in [3.63, 3.8) is 0 Å². The Morgan fingerprint density at radius 2 is 1.89 bits per heavy atom. The van der Waals surface area contributed by atoms with Crippen LogP contribution in [0.2, 0.25) is 0 Å². The summed E-state index contributed by atoms with van der Waals surface area (Å²) < 4.78 is 0. The van der Waals surface area contributed by atoms with Crippen LogP contribution in [-0.4, -0.2) is 33.2 Å². The van der Waals surface area contributed by atoms with Crippen LogP contribution in [0, 0.1) is 11.8 Å². The molecule has 2 fully saturated rings. The zero-order chi connectivity index (χ0) is 12.5. The Bertz CT molecular complexity index is 431. The predicted molar refractivity (Wildman–Crippen MR) is 64.5 cm³/mol. The van der Waals surface area contributed by atoms with E-state index in [0.29, 0.717) is 13.0 Å². The Hall–Kier alpha value is -1.65. The van der Waals surface area contributed by atoms with Crippen molar-refractivity contribution >= 4 is 11.8 Å². The van der Waals surface area contributed by atoms with Gasteiger partial charge < -0.3 is 4.98 Å². The van der Waals surface area contributed by atoms with E-state index >= 15 is 0 Å². The minimum absolute atomic E-state index is 0.0342. The van der Waals surface area contributed by atoms with Gasteiger partial charge in [0.25, 0.3) is 0 Å². The van der Waals surface area contributed by atoms with Crippen molar-refractivity contribution in [3.05, 3.63) is 18.2 Å². The van der Waals surface area contributed by atoms with Crippen molar-refractivity contribution in [1.29, 1.82) is 0 Å². The number of likely N-dealkylation sites (tertiary alicyclic amines) is 1. The molecule has 1 N–H and O–H groups in total. The Kier molecular flexibility index (Phi) is 2.89. The molecule has 1 aliphatic carbocycles. The van der Waals surface area contributed by atoms with Crippen LogP contribution in [0.5, 0.6) is 0 Å². The molecule has 96 valence electrons. The van der Waals surface area contributed by atoms with Gasteiger partial charge in [-0.15, -0.1) is 0 Å². The van der Waals surface area contributed by atoms with Gasteiger partial charge in [0.1, 0.15) is 0 Å². The fourth-order valence-electron chi connectivity index (χ4n) is 3.11. The zero-order valence-corrected chi connectivity index (χ0v) is 10.3. The SMILES string of the molecule is O=C1C2CCCCC2C(=O)N1CCc1cnc[nH]1. The number of fused-ring (bicyclic) bond motifs is 1. The molecule has 2 aliphatic rings. The molecule has 2 unspecified atom stereocenters. The molecule has 1 saturated carbocycles. The largest absolute Gasteiger partial charge is 0.348 e. The molecule has 0 bridgehead atoms. The highest BCUT2D eigenvalue weighted by Gasteiger charge is 2.47. The van der Waals surface area contributed by atoms with Gasteiger partial charge in [0.15, 0.2) is 0 Å². The summed E-state index contributed by atoms with van der Waals surface area (Å²) in [6.07, 6.45) is 7.94. The first-order chi connectivity index (χ1) is 8.77. The summed E-state index contributed by atoms with van der Waals surface area (Å²) in [6.45, 7) is 0.479. The lowest BCUT2D eigenvalue weighted by molar-refractivity contribution is -0.139. The van der Waals surface area contributed by atoms with Crippen molar-refractivity contribution in [1.82, 2.24) is 14.9 Å². The number of hydrogen-bond donors (Lipinski definition) is 1. The van der Waals surface area contributed by atoms with E-state index in [4.69, 9.17) is 0 Å². The predicted octanol–water partition coefficient (Wildman–Crippen LogP) is 1.13. The fourth-order valence-corrected chi connectivity index (χ4v) is 3.11. The average molecular weight is 247 g/mol. The highest BCUT2D eigenvalue weighted by Crippen LogP contribution is 2.37.